The van der Waals surface area contributed by atoms with Crippen LogP contribution < -0.4 is 4.90 Å². The maximum absolute atomic E-state index is 13.0. The molecule has 6 heteroatoms. The maximum Gasteiger partial charge on any atom is 0.245 e. The highest BCUT2D eigenvalue weighted by Crippen LogP contribution is 2.34. The second-order valence-corrected chi connectivity index (χ2v) is 7.40. The molecule has 1 saturated carbocycles. The molecule has 4 rings (SSSR count). The van der Waals surface area contributed by atoms with Gasteiger partial charge < -0.3 is 9.80 Å². The van der Waals surface area contributed by atoms with E-state index in [2.05, 4.69) is 27.9 Å². The number of anilines is 1. The van der Waals surface area contributed by atoms with E-state index in [1.807, 2.05) is 10.3 Å². The minimum Gasteiger partial charge on any atom is -0.344 e. The monoisotopic (exact) mass is 330 g/mol. The van der Waals surface area contributed by atoms with Crippen molar-refractivity contribution in [2.24, 2.45) is 5.92 Å². The molecule has 1 aliphatic heterocycles. The van der Waals surface area contributed by atoms with E-state index in [1.54, 1.807) is 17.7 Å². The molecule has 1 atom stereocenters. The molecular weight excluding hydrogens is 308 g/mol. The largest absolute Gasteiger partial charge is 0.344 e. The van der Waals surface area contributed by atoms with Gasteiger partial charge in [-0.3, -0.25) is 4.79 Å². The average Bonchev–Trinajstić information content (AvgIpc) is 3.06. The summed E-state index contributed by atoms with van der Waals surface area (Å²) in [6.07, 6.45) is 6.15. The molecule has 3 heterocycles. The summed E-state index contributed by atoms with van der Waals surface area (Å²) in [6, 6.07) is 2.00. The molecule has 0 aromatic carbocycles. The lowest BCUT2D eigenvalue weighted by molar-refractivity contribution is -0.132. The zero-order valence-electron chi connectivity index (χ0n) is 13.4. The molecule has 2 aromatic heterocycles. The lowest BCUT2D eigenvalue weighted by Crippen LogP contribution is -2.46. The Labute approximate surface area is 140 Å². The summed E-state index contributed by atoms with van der Waals surface area (Å²) in [6.45, 7) is 4.72. The first-order chi connectivity index (χ1) is 11.3. The molecule has 0 unspecified atom stereocenters. The van der Waals surface area contributed by atoms with Gasteiger partial charge >= 0.3 is 0 Å². The Morgan fingerprint density at radius 2 is 2.26 bits per heavy atom. The predicted molar refractivity (Wildman–Crippen MR) is 92.8 cm³/mol. The van der Waals surface area contributed by atoms with Crippen LogP contribution in [-0.2, 0) is 4.79 Å². The van der Waals surface area contributed by atoms with Gasteiger partial charge in [-0.05, 0) is 50.0 Å². The first-order valence-corrected chi connectivity index (χ1v) is 9.39. The normalized spacial score (nSPS) is 21.1. The Balaban J connectivity index is 1.60. The molecule has 1 saturated heterocycles. The van der Waals surface area contributed by atoms with Crippen LogP contribution in [0.3, 0.4) is 0 Å². The van der Waals surface area contributed by atoms with Gasteiger partial charge in [0.2, 0.25) is 5.91 Å². The van der Waals surface area contributed by atoms with E-state index in [1.165, 1.54) is 12.8 Å². The van der Waals surface area contributed by atoms with Crippen molar-refractivity contribution < 1.29 is 4.79 Å². The number of thiophene rings is 1. The van der Waals surface area contributed by atoms with Crippen LogP contribution >= 0.6 is 11.3 Å². The third-order valence-corrected chi connectivity index (χ3v) is 5.74. The Kier molecular flexibility index (Phi) is 3.93. The second-order valence-electron chi connectivity index (χ2n) is 6.51. The number of carbonyl (C=O) groups excluding carboxylic acids is 1. The zero-order chi connectivity index (χ0) is 15.8. The second kappa shape index (κ2) is 6.07. The minimum absolute atomic E-state index is 0.0632. The molecular formula is C17H22N4OS. The minimum atomic E-state index is -0.0632. The Bertz CT molecular complexity index is 711. The van der Waals surface area contributed by atoms with Crippen molar-refractivity contribution in [3.05, 3.63) is 17.8 Å². The highest BCUT2D eigenvalue weighted by Gasteiger charge is 2.36. The SMILES string of the molecule is CCN(CC1CC1)C(=O)[C@H]1CCCN1c1ncnc2sccc12. The average molecular weight is 330 g/mol. The van der Waals surface area contributed by atoms with E-state index in [0.29, 0.717) is 0 Å². The molecule has 1 amide bonds. The summed E-state index contributed by atoms with van der Waals surface area (Å²) in [5.41, 5.74) is 0. The molecule has 0 spiro atoms. The van der Waals surface area contributed by atoms with Crippen molar-refractivity contribution in [3.63, 3.8) is 0 Å². The van der Waals surface area contributed by atoms with Crippen LogP contribution in [0, 0.1) is 5.92 Å². The summed E-state index contributed by atoms with van der Waals surface area (Å²) in [5.74, 6) is 1.94. The van der Waals surface area contributed by atoms with Crippen LogP contribution in [0.15, 0.2) is 17.8 Å². The number of aromatic nitrogens is 2. The van der Waals surface area contributed by atoms with Crippen LogP contribution in [-0.4, -0.2) is 46.5 Å². The van der Waals surface area contributed by atoms with Gasteiger partial charge in [-0.25, -0.2) is 9.97 Å². The lowest BCUT2D eigenvalue weighted by Gasteiger charge is -2.30. The van der Waals surface area contributed by atoms with Crippen LogP contribution in [0.1, 0.15) is 32.6 Å². The number of carbonyl (C=O) groups is 1. The number of hydrogen-bond acceptors (Lipinski definition) is 5. The van der Waals surface area contributed by atoms with Gasteiger partial charge in [-0.2, -0.15) is 0 Å². The van der Waals surface area contributed by atoms with Crippen molar-refractivity contribution in [1.82, 2.24) is 14.9 Å². The zero-order valence-corrected chi connectivity index (χ0v) is 14.3. The van der Waals surface area contributed by atoms with Crippen molar-refractivity contribution in [3.8, 4) is 0 Å². The fourth-order valence-electron chi connectivity index (χ4n) is 3.48. The highest BCUT2D eigenvalue weighted by atomic mass is 32.1. The molecule has 1 aliphatic carbocycles. The molecule has 0 radical (unpaired) electrons. The molecule has 2 aromatic rings. The number of likely N-dealkylation sites (N-methyl/N-ethyl adjacent to an activating group) is 1. The van der Waals surface area contributed by atoms with Gasteiger partial charge in [0.15, 0.2) is 0 Å². The van der Waals surface area contributed by atoms with E-state index in [0.717, 1.165) is 54.4 Å². The quantitative estimate of drug-likeness (QED) is 0.846. The summed E-state index contributed by atoms with van der Waals surface area (Å²) in [5, 5.41) is 3.11. The number of nitrogens with zero attached hydrogens (tertiary/aromatic N) is 4. The first-order valence-electron chi connectivity index (χ1n) is 8.51. The molecule has 122 valence electrons. The van der Waals surface area contributed by atoms with Crippen molar-refractivity contribution >= 4 is 33.3 Å². The lowest BCUT2D eigenvalue weighted by atomic mass is 10.1. The van der Waals surface area contributed by atoms with Crippen molar-refractivity contribution in [2.75, 3.05) is 24.5 Å². The molecule has 0 bridgehead atoms. The Morgan fingerprint density at radius 1 is 1.39 bits per heavy atom. The number of amides is 1. The molecule has 23 heavy (non-hydrogen) atoms. The topological polar surface area (TPSA) is 49.3 Å². The Morgan fingerprint density at radius 3 is 3.04 bits per heavy atom. The highest BCUT2D eigenvalue weighted by molar-refractivity contribution is 7.16. The van der Waals surface area contributed by atoms with Gasteiger partial charge in [0.1, 0.15) is 23.0 Å². The summed E-state index contributed by atoms with van der Waals surface area (Å²) < 4.78 is 0. The van der Waals surface area contributed by atoms with E-state index < -0.39 is 0 Å². The van der Waals surface area contributed by atoms with Gasteiger partial charge in [0, 0.05) is 19.6 Å². The molecule has 5 nitrogen and oxygen atoms in total. The van der Waals surface area contributed by atoms with Crippen LogP contribution in [0.4, 0.5) is 5.82 Å². The van der Waals surface area contributed by atoms with E-state index in [9.17, 15) is 4.79 Å². The molecule has 0 N–H and O–H groups in total. The standard InChI is InChI=1S/C17H22N4OS/c1-2-20(10-12-5-6-12)17(22)14-4-3-8-21(14)15-13-7-9-23-16(13)19-11-18-15/h7,9,11-12,14H,2-6,8,10H2,1H3/t14-/m1/s1. The molecule has 2 fully saturated rings. The van der Waals surface area contributed by atoms with Crippen LogP contribution in [0.2, 0.25) is 0 Å². The predicted octanol–water partition coefficient (Wildman–Crippen LogP) is 2.92. The smallest absolute Gasteiger partial charge is 0.245 e. The van der Waals surface area contributed by atoms with Crippen LogP contribution in [0.5, 0.6) is 0 Å². The van der Waals surface area contributed by atoms with E-state index in [-0.39, 0.29) is 11.9 Å². The van der Waals surface area contributed by atoms with Gasteiger partial charge in [-0.1, -0.05) is 0 Å². The number of fused-ring (bicyclic) bond motifs is 1. The molecule has 2 aliphatic rings. The summed E-state index contributed by atoms with van der Waals surface area (Å²) in [7, 11) is 0. The number of hydrogen-bond donors (Lipinski definition) is 0. The third-order valence-electron chi connectivity index (χ3n) is 4.92. The first kappa shape index (κ1) is 14.9. The van der Waals surface area contributed by atoms with Crippen LogP contribution in [0.25, 0.3) is 10.2 Å². The number of rotatable bonds is 5. The van der Waals surface area contributed by atoms with E-state index in [4.69, 9.17) is 0 Å². The summed E-state index contributed by atoms with van der Waals surface area (Å²) >= 11 is 1.62. The Hall–Kier alpha value is -1.69. The van der Waals surface area contributed by atoms with Crippen molar-refractivity contribution in [1.29, 1.82) is 0 Å². The third kappa shape index (κ3) is 2.80. The van der Waals surface area contributed by atoms with Crippen molar-refractivity contribution in [2.45, 2.75) is 38.6 Å². The van der Waals surface area contributed by atoms with E-state index >= 15 is 0 Å². The maximum atomic E-state index is 13.0. The van der Waals surface area contributed by atoms with Gasteiger partial charge in [0.25, 0.3) is 0 Å². The van der Waals surface area contributed by atoms with Gasteiger partial charge in [-0.15, -0.1) is 11.3 Å². The fourth-order valence-corrected chi connectivity index (χ4v) is 4.21. The van der Waals surface area contributed by atoms with Gasteiger partial charge in [0.05, 0.1) is 5.39 Å². The fraction of sp³-hybridized carbons (Fsp3) is 0.588. The summed E-state index contributed by atoms with van der Waals surface area (Å²) in [4.78, 5) is 27.1.